The molecule has 5 aromatic rings. The SMILES string of the molecule is O=C(Cn1c2ccccc2c2cc(-c3nn[nH]n3)ccc21)Nc1ccc(C(=O)O)cc1. The molecule has 1 amide bonds. The number of aromatic amines is 1. The van der Waals surface area contributed by atoms with Crippen molar-refractivity contribution in [2.24, 2.45) is 0 Å². The summed E-state index contributed by atoms with van der Waals surface area (Å²) in [5.74, 6) is -0.724. The predicted octanol–water partition coefficient (Wildman–Crippen LogP) is 3.31. The summed E-state index contributed by atoms with van der Waals surface area (Å²) in [6.45, 7) is 0.103. The molecule has 31 heavy (non-hydrogen) atoms. The van der Waals surface area contributed by atoms with Gasteiger partial charge in [-0.2, -0.15) is 5.21 Å². The molecule has 0 spiro atoms. The van der Waals surface area contributed by atoms with Crippen LogP contribution < -0.4 is 5.32 Å². The highest BCUT2D eigenvalue weighted by molar-refractivity contribution is 6.10. The summed E-state index contributed by atoms with van der Waals surface area (Å²) in [4.78, 5) is 23.7. The summed E-state index contributed by atoms with van der Waals surface area (Å²) in [5.41, 5.74) is 3.36. The molecule has 0 bridgehead atoms. The van der Waals surface area contributed by atoms with E-state index >= 15 is 0 Å². The van der Waals surface area contributed by atoms with Crippen molar-refractivity contribution in [1.82, 2.24) is 25.2 Å². The first kappa shape index (κ1) is 18.5. The molecule has 9 heteroatoms. The largest absolute Gasteiger partial charge is 0.478 e. The molecule has 0 aliphatic heterocycles. The highest BCUT2D eigenvalue weighted by atomic mass is 16.4. The number of tetrazole rings is 1. The maximum absolute atomic E-state index is 12.8. The van der Waals surface area contributed by atoms with Crippen LogP contribution in [0.5, 0.6) is 0 Å². The molecule has 0 saturated carbocycles. The van der Waals surface area contributed by atoms with Gasteiger partial charge < -0.3 is 15.0 Å². The molecule has 0 saturated heterocycles. The Bertz CT molecular complexity index is 1420. The Morgan fingerprint density at radius 2 is 1.74 bits per heavy atom. The van der Waals surface area contributed by atoms with Crippen LogP contribution in [0.3, 0.4) is 0 Å². The number of anilines is 1. The number of carbonyl (C=O) groups is 2. The van der Waals surface area contributed by atoms with E-state index in [0.717, 1.165) is 27.4 Å². The predicted molar refractivity (Wildman–Crippen MR) is 115 cm³/mol. The zero-order chi connectivity index (χ0) is 21.4. The molecule has 0 unspecified atom stereocenters. The van der Waals surface area contributed by atoms with Crippen molar-refractivity contribution >= 4 is 39.4 Å². The average Bonchev–Trinajstić information content (AvgIpc) is 3.42. The zero-order valence-corrected chi connectivity index (χ0v) is 16.1. The third-order valence-corrected chi connectivity index (χ3v) is 5.09. The fraction of sp³-hybridized carbons (Fsp3) is 0.0455. The van der Waals surface area contributed by atoms with E-state index in [4.69, 9.17) is 5.11 Å². The average molecular weight is 412 g/mol. The second-order valence-electron chi connectivity index (χ2n) is 7.00. The van der Waals surface area contributed by atoms with Crippen LogP contribution in [0.1, 0.15) is 10.4 Å². The monoisotopic (exact) mass is 412 g/mol. The van der Waals surface area contributed by atoms with E-state index in [1.165, 1.54) is 12.1 Å². The van der Waals surface area contributed by atoms with Crippen LogP contribution in [0.2, 0.25) is 0 Å². The van der Waals surface area contributed by atoms with Crippen molar-refractivity contribution in [2.75, 3.05) is 5.32 Å². The van der Waals surface area contributed by atoms with Gasteiger partial charge in [0.1, 0.15) is 6.54 Å². The van der Waals surface area contributed by atoms with Gasteiger partial charge in [-0.25, -0.2) is 4.79 Å². The number of carboxylic acids is 1. The van der Waals surface area contributed by atoms with Crippen molar-refractivity contribution in [3.63, 3.8) is 0 Å². The lowest BCUT2D eigenvalue weighted by atomic mass is 10.1. The van der Waals surface area contributed by atoms with Gasteiger partial charge in [0.15, 0.2) is 0 Å². The van der Waals surface area contributed by atoms with Gasteiger partial charge in [0.2, 0.25) is 11.7 Å². The molecule has 0 atom stereocenters. The second-order valence-corrected chi connectivity index (χ2v) is 7.00. The van der Waals surface area contributed by atoms with Gasteiger partial charge in [-0.05, 0) is 53.7 Å². The lowest BCUT2D eigenvalue weighted by Crippen LogP contribution is -2.18. The molecule has 152 valence electrons. The third-order valence-electron chi connectivity index (χ3n) is 5.09. The maximum Gasteiger partial charge on any atom is 0.335 e. The quantitative estimate of drug-likeness (QED) is 0.407. The Morgan fingerprint density at radius 1 is 0.968 bits per heavy atom. The Labute approximate surface area is 175 Å². The van der Waals surface area contributed by atoms with E-state index in [1.54, 1.807) is 12.1 Å². The number of nitrogens with one attached hydrogen (secondary N) is 2. The fourth-order valence-electron chi connectivity index (χ4n) is 3.69. The molecule has 3 N–H and O–H groups in total. The minimum atomic E-state index is -1.01. The number of carbonyl (C=O) groups excluding carboxylic acids is 1. The number of nitrogens with zero attached hydrogens (tertiary/aromatic N) is 4. The van der Waals surface area contributed by atoms with Crippen LogP contribution in [-0.4, -0.2) is 42.2 Å². The second kappa shape index (κ2) is 7.38. The number of hydrogen-bond donors (Lipinski definition) is 3. The van der Waals surface area contributed by atoms with Crippen molar-refractivity contribution in [1.29, 1.82) is 0 Å². The van der Waals surface area contributed by atoms with Gasteiger partial charge in [0.25, 0.3) is 0 Å². The van der Waals surface area contributed by atoms with Crippen LogP contribution in [-0.2, 0) is 11.3 Å². The molecule has 3 aromatic carbocycles. The van der Waals surface area contributed by atoms with E-state index < -0.39 is 5.97 Å². The highest BCUT2D eigenvalue weighted by Crippen LogP contribution is 2.31. The van der Waals surface area contributed by atoms with Crippen molar-refractivity contribution < 1.29 is 14.7 Å². The summed E-state index contributed by atoms with van der Waals surface area (Å²) in [5, 5.41) is 28.0. The number of fused-ring (bicyclic) bond motifs is 3. The zero-order valence-electron chi connectivity index (χ0n) is 16.1. The van der Waals surface area contributed by atoms with Gasteiger partial charge >= 0.3 is 5.97 Å². The van der Waals surface area contributed by atoms with Crippen LogP contribution in [0.4, 0.5) is 5.69 Å². The minimum absolute atomic E-state index is 0.103. The lowest BCUT2D eigenvalue weighted by molar-refractivity contribution is -0.116. The molecule has 2 aromatic heterocycles. The Kier molecular flexibility index (Phi) is 4.40. The number of para-hydroxylation sites is 1. The van der Waals surface area contributed by atoms with Crippen LogP contribution in [0.15, 0.2) is 66.7 Å². The van der Waals surface area contributed by atoms with Gasteiger partial charge in [-0.3, -0.25) is 4.79 Å². The van der Waals surface area contributed by atoms with Crippen LogP contribution >= 0.6 is 0 Å². The first-order chi connectivity index (χ1) is 15.1. The van der Waals surface area contributed by atoms with Crippen molar-refractivity contribution in [3.05, 3.63) is 72.3 Å². The Hall–Kier alpha value is -4.53. The van der Waals surface area contributed by atoms with Gasteiger partial charge in [0, 0.05) is 33.1 Å². The number of benzene rings is 3. The van der Waals surface area contributed by atoms with E-state index in [9.17, 15) is 9.59 Å². The number of aromatic carboxylic acids is 1. The Morgan fingerprint density at radius 3 is 2.48 bits per heavy atom. The number of amides is 1. The molecular weight excluding hydrogens is 396 g/mol. The molecule has 5 rings (SSSR count). The lowest BCUT2D eigenvalue weighted by Gasteiger charge is -2.09. The van der Waals surface area contributed by atoms with Crippen molar-refractivity contribution in [3.8, 4) is 11.4 Å². The summed E-state index contributed by atoms with van der Waals surface area (Å²) in [6.07, 6.45) is 0. The fourth-order valence-corrected chi connectivity index (χ4v) is 3.69. The molecule has 0 fully saturated rings. The summed E-state index contributed by atoms with van der Waals surface area (Å²) < 4.78 is 1.95. The number of carboxylic acid groups (broad SMARTS) is 1. The van der Waals surface area contributed by atoms with Crippen LogP contribution in [0.25, 0.3) is 33.2 Å². The smallest absolute Gasteiger partial charge is 0.335 e. The topological polar surface area (TPSA) is 126 Å². The molecule has 0 aliphatic rings. The number of hydrogen-bond acceptors (Lipinski definition) is 5. The number of rotatable bonds is 5. The molecule has 0 aliphatic carbocycles. The van der Waals surface area contributed by atoms with Crippen LogP contribution in [0, 0.1) is 0 Å². The summed E-state index contributed by atoms with van der Waals surface area (Å²) in [6, 6.07) is 19.7. The molecule has 2 heterocycles. The molecule has 0 radical (unpaired) electrons. The molecular formula is C22H16N6O3. The first-order valence-electron chi connectivity index (χ1n) is 9.48. The Balaban J connectivity index is 1.50. The van der Waals surface area contributed by atoms with E-state index in [2.05, 4.69) is 25.9 Å². The van der Waals surface area contributed by atoms with Gasteiger partial charge in [-0.15, -0.1) is 10.2 Å². The normalized spacial score (nSPS) is 11.1. The summed E-state index contributed by atoms with van der Waals surface area (Å²) in [7, 11) is 0. The standard InChI is InChI=1S/C22H16N6O3/c29-20(23-15-8-5-13(6-9-15)22(30)31)12-28-18-4-2-1-3-16(18)17-11-14(7-10-19(17)28)21-24-26-27-25-21/h1-11H,12H2,(H,23,29)(H,30,31)(H,24,25,26,27). The first-order valence-corrected chi connectivity index (χ1v) is 9.48. The number of H-pyrrole nitrogens is 1. The van der Waals surface area contributed by atoms with Gasteiger partial charge in [-0.1, -0.05) is 18.2 Å². The summed E-state index contributed by atoms with van der Waals surface area (Å²) >= 11 is 0. The highest BCUT2D eigenvalue weighted by Gasteiger charge is 2.15. The van der Waals surface area contributed by atoms with Gasteiger partial charge in [0.05, 0.1) is 5.56 Å². The number of aromatic nitrogens is 5. The maximum atomic E-state index is 12.8. The third kappa shape index (κ3) is 3.38. The van der Waals surface area contributed by atoms with E-state index in [-0.39, 0.29) is 18.0 Å². The van der Waals surface area contributed by atoms with E-state index in [0.29, 0.717) is 11.5 Å². The van der Waals surface area contributed by atoms with Crippen molar-refractivity contribution in [2.45, 2.75) is 6.54 Å². The molecule has 9 nitrogen and oxygen atoms in total. The minimum Gasteiger partial charge on any atom is -0.478 e. The van der Waals surface area contributed by atoms with E-state index in [1.807, 2.05) is 47.0 Å².